The first kappa shape index (κ1) is 14.5. The molecule has 0 aliphatic carbocycles. The highest BCUT2D eigenvalue weighted by molar-refractivity contribution is 5.98. The third kappa shape index (κ3) is 3.78. The number of H-pyrrole nitrogens is 1. The molecule has 0 saturated heterocycles. The molecule has 20 heavy (non-hydrogen) atoms. The fraction of sp³-hybridized carbons (Fsp3) is 0.375. The minimum atomic E-state index is 0.170. The lowest BCUT2D eigenvalue weighted by Crippen LogP contribution is -2.28. The van der Waals surface area contributed by atoms with Crippen LogP contribution in [0.5, 0.6) is 0 Å². The number of nitrogens with one attached hydrogen (secondary N) is 1. The molecule has 0 spiro atoms. The summed E-state index contributed by atoms with van der Waals surface area (Å²) in [6, 6.07) is 5.94. The van der Waals surface area contributed by atoms with Crippen molar-refractivity contribution in [1.29, 1.82) is 0 Å². The van der Waals surface area contributed by atoms with Crippen LogP contribution in [0, 0.1) is 13.8 Å². The maximum absolute atomic E-state index is 12.2. The number of carbonyl (C=O) groups excluding carboxylic acids is 1. The Morgan fingerprint density at radius 3 is 2.60 bits per heavy atom. The van der Waals surface area contributed by atoms with E-state index in [-0.39, 0.29) is 5.78 Å². The molecule has 0 aromatic carbocycles. The average Bonchev–Trinajstić information content (AvgIpc) is 2.77. The van der Waals surface area contributed by atoms with Gasteiger partial charge in [-0.25, -0.2) is 0 Å². The van der Waals surface area contributed by atoms with Crippen molar-refractivity contribution in [3.05, 3.63) is 53.1 Å². The van der Waals surface area contributed by atoms with E-state index in [0.717, 1.165) is 29.9 Å². The molecule has 0 radical (unpaired) electrons. The minimum absolute atomic E-state index is 0.170. The summed E-state index contributed by atoms with van der Waals surface area (Å²) < 4.78 is 0. The molecule has 4 heteroatoms. The molecule has 0 aliphatic rings. The average molecular weight is 271 g/mol. The van der Waals surface area contributed by atoms with Crippen LogP contribution in [-0.2, 0) is 6.42 Å². The number of likely N-dealkylation sites (N-methyl/N-ethyl adjacent to an activating group) is 1. The molecule has 106 valence electrons. The van der Waals surface area contributed by atoms with Gasteiger partial charge in [-0.3, -0.25) is 14.7 Å². The summed E-state index contributed by atoms with van der Waals surface area (Å²) in [6.07, 6.45) is 4.52. The molecule has 0 unspecified atom stereocenters. The second-order valence-electron chi connectivity index (χ2n) is 5.26. The highest BCUT2D eigenvalue weighted by Gasteiger charge is 2.13. The molecule has 0 fully saturated rings. The van der Waals surface area contributed by atoms with Crippen molar-refractivity contribution < 1.29 is 4.79 Å². The third-order valence-corrected chi connectivity index (χ3v) is 3.40. The van der Waals surface area contributed by atoms with Gasteiger partial charge >= 0.3 is 0 Å². The van der Waals surface area contributed by atoms with Crippen molar-refractivity contribution in [3.63, 3.8) is 0 Å². The lowest BCUT2D eigenvalue weighted by Gasteiger charge is -2.15. The SMILES string of the molecule is Cc1cc(C(=O)CN(C)CCc2ccncc2)c(C)[nH]1. The molecule has 1 N–H and O–H groups in total. The van der Waals surface area contributed by atoms with E-state index in [9.17, 15) is 4.79 Å². The molecule has 2 aromatic heterocycles. The largest absolute Gasteiger partial charge is 0.362 e. The van der Waals surface area contributed by atoms with Crippen LogP contribution in [0.3, 0.4) is 0 Å². The molecule has 0 saturated carbocycles. The first-order chi connectivity index (χ1) is 9.56. The van der Waals surface area contributed by atoms with E-state index in [1.807, 2.05) is 39.1 Å². The number of hydrogen-bond donors (Lipinski definition) is 1. The highest BCUT2D eigenvalue weighted by Crippen LogP contribution is 2.10. The molecule has 0 bridgehead atoms. The fourth-order valence-corrected chi connectivity index (χ4v) is 2.29. The Hall–Kier alpha value is -1.94. The Labute approximate surface area is 119 Å². The van der Waals surface area contributed by atoms with Gasteiger partial charge in [0, 0.05) is 35.9 Å². The van der Waals surface area contributed by atoms with Crippen molar-refractivity contribution in [2.24, 2.45) is 0 Å². The molecule has 0 aliphatic heterocycles. The van der Waals surface area contributed by atoms with E-state index in [2.05, 4.69) is 14.9 Å². The van der Waals surface area contributed by atoms with Gasteiger partial charge < -0.3 is 4.98 Å². The van der Waals surface area contributed by atoms with Crippen molar-refractivity contribution >= 4 is 5.78 Å². The first-order valence-electron chi connectivity index (χ1n) is 6.83. The molecule has 2 heterocycles. The fourth-order valence-electron chi connectivity index (χ4n) is 2.29. The van der Waals surface area contributed by atoms with Crippen LogP contribution in [0.15, 0.2) is 30.6 Å². The minimum Gasteiger partial charge on any atom is -0.362 e. The van der Waals surface area contributed by atoms with Crippen LogP contribution >= 0.6 is 0 Å². The van der Waals surface area contributed by atoms with E-state index in [1.54, 1.807) is 12.4 Å². The Balaban J connectivity index is 1.87. The molecule has 0 atom stereocenters. The van der Waals surface area contributed by atoms with Gasteiger partial charge in [0.15, 0.2) is 5.78 Å². The van der Waals surface area contributed by atoms with Gasteiger partial charge in [0.25, 0.3) is 0 Å². The van der Waals surface area contributed by atoms with Crippen molar-refractivity contribution in [1.82, 2.24) is 14.9 Å². The number of Topliss-reactive ketones (excluding diaryl/α,β-unsaturated/α-hetero) is 1. The summed E-state index contributed by atoms with van der Waals surface area (Å²) in [6.45, 7) is 5.22. The van der Waals surface area contributed by atoms with Gasteiger partial charge in [0.1, 0.15) is 0 Å². The van der Waals surface area contributed by atoms with Crippen LogP contribution in [0.4, 0.5) is 0 Å². The number of aromatic nitrogens is 2. The van der Waals surface area contributed by atoms with Crippen molar-refractivity contribution in [2.75, 3.05) is 20.1 Å². The third-order valence-electron chi connectivity index (χ3n) is 3.40. The number of hydrogen-bond acceptors (Lipinski definition) is 3. The quantitative estimate of drug-likeness (QED) is 0.821. The first-order valence-corrected chi connectivity index (χ1v) is 6.83. The normalized spacial score (nSPS) is 11.0. The van der Waals surface area contributed by atoms with E-state index in [1.165, 1.54) is 5.56 Å². The zero-order valence-corrected chi connectivity index (χ0v) is 12.3. The summed E-state index contributed by atoms with van der Waals surface area (Å²) in [5.74, 6) is 0.170. The number of nitrogens with zero attached hydrogens (tertiary/aromatic N) is 2. The highest BCUT2D eigenvalue weighted by atomic mass is 16.1. The monoisotopic (exact) mass is 271 g/mol. The maximum Gasteiger partial charge on any atom is 0.178 e. The standard InChI is InChI=1S/C16H21N3O/c1-12-10-15(13(2)18-12)16(20)11-19(3)9-6-14-4-7-17-8-5-14/h4-5,7-8,10,18H,6,9,11H2,1-3H3. The Morgan fingerprint density at radius 2 is 2.00 bits per heavy atom. The number of ketones is 1. The summed E-state index contributed by atoms with van der Waals surface area (Å²) in [5, 5.41) is 0. The van der Waals surface area contributed by atoms with E-state index in [0.29, 0.717) is 6.54 Å². The Morgan fingerprint density at radius 1 is 1.30 bits per heavy atom. The van der Waals surface area contributed by atoms with Gasteiger partial charge in [-0.05, 0) is 51.1 Å². The maximum atomic E-state index is 12.2. The Bertz CT molecular complexity index is 575. The smallest absolute Gasteiger partial charge is 0.178 e. The van der Waals surface area contributed by atoms with Crippen LogP contribution in [-0.4, -0.2) is 40.8 Å². The summed E-state index contributed by atoms with van der Waals surface area (Å²) in [4.78, 5) is 21.5. The van der Waals surface area contributed by atoms with Crippen molar-refractivity contribution in [3.8, 4) is 0 Å². The summed E-state index contributed by atoms with van der Waals surface area (Å²) in [7, 11) is 1.98. The number of rotatable bonds is 6. The predicted octanol–water partition coefficient (Wildman–Crippen LogP) is 2.38. The van der Waals surface area contributed by atoms with Crippen LogP contribution in [0.1, 0.15) is 27.3 Å². The Kier molecular flexibility index (Phi) is 4.69. The molecule has 2 rings (SSSR count). The van der Waals surface area contributed by atoms with Gasteiger partial charge in [-0.2, -0.15) is 0 Å². The topological polar surface area (TPSA) is 49.0 Å². The van der Waals surface area contributed by atoms with E-state index >= 15 is 0 Å². The van der Waals surface area contributed by atoms with E-state index in [4.69, 9.17) is 0 Å². The molecular weight excluding hydrogens is 250 g/mol. The van der Waals surface area contributed by atoms with Gasteiger partial charge in [-0.1, -0.05) is 0 Å². The lowest BCUT2D eigenvalue weighted by atomic mass is 10.1. The molecule has 4 nitrogen and oxygen atoms in total. The van der Waals surface area contributed by atoms with E-state index < -0.39 is 0 Å². The summed E-state index contributed by atoms with van der Waals surface area (Å²) >= 11 is 0. The predicted molar refractivity (Wildman–Crippen MR) is 80.0 cm³/mol. The van der Waals surface area contributed by atoms with Crippen molar-refractivity contribution in [2.45, 2.75) is 20.3 Å². The second-order valence-corrected chi connectivity index (χ2v) is 5.26. The second kappa shape index (κ2) is 6.48. The van der Waals surface area contributed by atoms with Gasteiger partial charge in [0.05, 0.1) is 6.54 Å². The number of pyridine rings is 1. The van der Waals surface area contributed by atoms with Crippen LogP contribution < -0.4 is 0 Å². The number of aromatic amines is 1. The van der Waals surface area contributed by atoms with Crippen LogP contribution in [0.25, 0.3) is 0 Å². The molecular formula is C16H21N3O. The zero-order valence-electron chi connectivity index (χ0n) is 12.3. The summed E-state index contributed by atoms with van der Waals surface area (Å²) in [5.41, 5.74) is 4.03. The molecule has 0 amide bonds. The lowest BCUT2D eigenvalue weighted by molar-refractivity contribution is 0.0946. The van der Waals surface area contributed by atoms with Gasteiger partial charge in [0.2, 0.25) is 0 Å². The number of aryl methyl sites for hydroxylation is 2. The zero-order chi connectivity index (χ0) is 14.5. The van der Waals surface area contributed by atoms with Gasteiger partial charge in [-0.15, -0.1) is 0 Å². The van der Waals surface area contributed by atoms with Crippen LogP contribution in [0.2, 0.25) is 0 Å². The molecule has 2 aromatic rings. The number of carbonyl (C=O) groups is 1.